The Labute approximate surface area is 92.4 Å². The maximum atomic E-state index is 12.3. The fraction of sp³-hybridized carbons (Fsp3) is 0.300. The molecule has 0 saturated heterocycles. The molecule has 0 aromatic carbocycles. The van der Waals surface area contributed by atoms with Gasteiger partial charge in [0, 0.05) is 10.6 Å². The average molecular weight is 231 g/mol. The highest BCUT2D eigenvalue weighted by atomic mass is 32.1. The van der Waals surface area contributed by atoms with Crippen molar-refractivity contribution in [3.8, 4) is 0 Å². The van der Waals surface area contributed by atoms with Crippen molar-refractivity contribution in [3.05, 3.63) is 27.8 Å². The first-order chi connectivity index (χ1) is 7.10. The van der Waals surface area contributed by atoms with Crippen molar-refractivity contribution in [1.82, 2.24) is 0 Å². The van der Waals surface area contributed by atoms with Gasteiger partial charge in [0.25, 0.3) is 6.47 Å². The Bertz CT molecular complexity index is 319. The monoisotopic (exact) mass is 231 g/mol. The molecule has 1 aromatic rings. The summed E-state index contributed by atoms with van der Waals surface area (Å²) < 4.78 is 16.5. The van der Waals surface area contributed by atoms with Crippen LogP contribution in [0.1, 0.15) is 18.7 Å². The van der Waals surface area contributed by atoms with Crippen molar-refractivity contribution < 1.29 is 13.9 Å². The van der Waals surface area contributed by atoms with Crippen LogP contribution in [0, 0.1) is 5.13 Å². The number of halogens is 1. The summed E-state index contributed by atoms with van der Waals surface area (Å²) in [5.41, 5.74) is 6.08. The summed E-state index contributed by atoms with van der Waals surface area (Å²) in [6.45, 7) is 4.44. The molecule has 0 amide bonds. The minimum Gasteiger partial charge on any atom is -0.468 e. The molecule has 0 fully saturated rings. The van der Waals surface area contributed by atoms with Crippen LogP contribution in [0.4, 0.5) is 4.39 Å². The summed E-state index contributed by atoms with van der Waals surface area (Å²) >= 11 is 1.09. The number of allylic oxidation sites excluding steroid dienone is 1. The Morgan fingerprint density at radius 1 is 1.67 bits per heavy atom. The van der Waals surface area contributed by atoms with Gasteiger partial charge in [0.1, 0.15) is 0 Å². The topological polar surface area (TPSA) is 52.3 Å². The molecule has 0 unspecified atom stereocenters. The largest absolute Gasteiger partial charge is 0.468 e. The van der Waals surface area contributed by atoms with Crippen molar-refractivity contribution in [2.45, 2.75) is 13.8 Å². The Kier molecular flexibility index (Phi) is 7.27. The Morgan fingerprint density at radius 3 is 2.60 bits per heavy atom. The predicted octanol–water partition coefficient (Wildman–Crippen LogP) is 2.39. The maximum Gasteiger partial charge on any atom is 0.293 e. The zero-order chi connectivity index (χ0) is 11.7. The van der Waals surface area contributed by atoms with Crippen LogP contribution < -0.4 is 5.73 Å². The summed E-state index contributed by atoms with van der Waals surface area (Å²) in [6.07, 6.45) is 1.74. The number of ether oxygens (including phenoxy) is 1. The molecule has 1 rings (SSSR count). The molecular formula is C10H14FNO2S. The van der Waals surface area contributed by atoms with Gasteiger partial charge in [-0.2, -0.15) is 4.39 Å². The summed E-state index contributed by atoms with van der Waals surface area (Å²) in [4.78, 5) is 10.0. The molecule has 0 bridgehead atoms. The van der Waals surface area contributed by atoms with Crippen molar-refractivity contribution in [2.24, 2.45) is 5.73 Å². The van der Waals surface area contributed by atoms with Crippen LogP contribution in [0.3, 0.4) is 0 Å². The summed E-state index contributed by atoms with van der Waals surface area (Å²) in [7, 11) is 0. The molecule has 0 radical (unpaired) electrons. The lowest BCUT2D eigenvalue weighted by Gasteiger charge is -1.85. The molecular weight excluding hydrogens is 217 g/mol. The zero-order valence-corrected chi connectivity index (χ0v) is 9.51. The molecule has 3 nitrogen and oxygen atoms in total. The van der Waals surface area contributed by atoms with E-state index in [9.17, 15) is 9.18 Å². The highest BCUT2D eigenvalue weighted by molar-refractivity contribution is 7.11. The number of carbonyl (C=O) groups excluding carboxylic acids is 1. The molecule has 15 heavy (non-hydrogen) atoms. The number of rotatable bonds is 3. The number of thiophene rings is 1. The van der Waals surface area contributed by atoms with E-state index in [-0.39, 0.29) is 5.13 Å². The normalized spacial score (nSPS) is 10.2. The maximum absolute atomic E-state index is 12.3. The standard InChI is InChI=1S/C7H8FNS.C3H6O2/c1-5(9)4-6-2-3-7(8)10-6;1-2-5-3-4/h2-4H,9H2,1H3;3H,2H2,1H3/b5-4-;. The highest BCUT2D eigenvalue weighted by Gasteiger charge is 1.93. The Morgan fingerprint density at radius 2 is 2.33 bits per heavy atom. The molecule has 0 aliphatic carbocycles. The van der Waals surface area contributed by atoms with Gasteiger partial charge in [-0.3, -0.25) is 4.79 Å². The molecule has 0 spiro atoms. The first-order valence-corrected chi connectivity index (χ1v) is 5.16. The van der Waals surface area contributed by atoms with Gasteiger partial charge in [-0.15, -0.1) is 11.3 Å². The third kappa shape index (κ3) is 7.69. The van der Waals surface area contributed by atoms with Gasteiger partial charge < -0.3 is 10.5 Å². The summed E-state index contributed by atoms with van der Waals surface area (Å²) in [5, 5.41) is -0.174. The molecule has 0 saturated carbocycles. The van der Waals surface area contributed by atoms with Gasteiger partial charge in [-0.25, -0.2) is 0 Å². The van der Waals surface area contributed by atoms with Gasteiger partial charge in [-0.05, 0) is 32.1 Å². The van der Waals surface area contributed by atoms with Gasteiger partial charge >= 0.3 is 0 Å². The fourth-order valence-electron chi connectivity index (χ4n) is 0.698. The van der Waals surface area contributed by atoms with E-state index >= 15 is 0 Å². The Hall–Kier alpha value is -1.36. The minimum atomic E-state index is -0.174. The van der Waals surface area contributed by atoms with Crippen LogP contribution >= 0.6 is 11.3 Å². The lowest BCUT2D eigenvalue weighted by Crippen LogP contribution is -1.87. The number of hydrogen-bond acceptors (Lipinski definition) is 4. The van der Waals surface area contributed by atoms with E-state index in [4.69, 9.17) is 5.73 Å². The molecule has 5 heteroatoms. The van der Waals surface area contributed by atoms with E-state index in [1.807, 2.05) is 0 Å². The van der Waals surface area contributed by atoms with Crippen molar-refractivity contribution in [2.75, 3.05) is 6.61 Å². The number of nitrogens with two attached hydrogens (primary N) is 1. The molecule has 1 heterocycles. The predicted molar refractivity (Wildman–Crippen MR) is 59.8 cm³/mol. The number of hydrogen-bond donors (Lipinski definition) is 1. The van der Waals surface area contributed by atoms with Gasteiger partial charge in [0.05, 0.1) is 6.61 Å². The third-order valence-corrected chi connectivity index (χ3v) is 2.02. The highest BCUT2D eigenvalue weighted by Crippen LogP contribution is 2.16. The van der Waals surface area contributed by atoms with E-state index in [0.717, 1.165) is 16.2 Å². The van der Waals surface area contributed by atoms with Gasteiger partial charge in [0.2, 0.25) is 0 Å². The molecule has 2 N–H and O–H groups in total. The summed E-state index contributed by atoms with van der Waals surface area (Å²) in [6, 6.07) is 3.13. The van der Waals surface area contributed by atoms with Gasteiger partial charge in [-0.1, -0.05) is 0 Å². The van der Waals surface area contributed by atoms with E-state index in [0.29, 0.717) is 18.8 Å². The van der Waals surface area contributed by atoms with Crippen LogP contribution in [0.5, 0.6) is 0 Å². The van der Waals surface area contributed by atoms with Crippen LogP contribution in [-0.4, -0.2) is 13.1 Å². The summed E-state index contributed by atoms with van der Waals surface area (Å²) in [5.74, 6) is 0. The SMILES string of the molecule is C/C(N)=C/c1ccc(F)s1.CCOC=O. The van der Waals surface area contributed by atoms with Crippen LogP contribution in [0.25, 0.3) is 6.08 Å². The molecule has 0 atom stereocenters. The van der Waals surface area contributed by atoms with Crippen LogP contribution in [0.2, 0.25) is 0 Å². The van der Waals surface area contributed by atoms with Crippen LogP contribution in [-0.2, 0) is 9.53 Å². The lowest BCUT2D eigenvalue weighted by atomic mass is 10.4. The second-order valence-electron chi connectivity index (χ2n) is 2.58. The Balaban J connectivity index is 0.000000336. The fourth-order valence-corrected chi connectivity index (χ4v) is 1.44. The first kappa shape index (κ1) is 13.6. The van der Waals surface area contributed by atoms with E-state index in [2.05, 4.69) is 4.74 Å². The first-order valence-electron chi connectivity index (χ1n) is 4.34. The van der Waals surface area contributed by atoms with Crippen molar-refractivity contribution in [1.29, 1.82) is 0 Å². The zero-order valence-electron chi connectivity index (χ0n) is 8.70. The molecule has 0 aliphatic heterocycles. The average Bonchev–Trinajstić information content (AvgIpc) is 2.52. The molecule has 1 aromatic heterocycles. The molecule has 84 valence electrons. The van der Waals surface area contributed by atoms with Crippen molar-refractivity contribution in [3.63, 3.8) is 0 Å². The van der Waals surface area contributed by atoms with Crippen LogP contribution in [0.15, 0.2) is 17.8 Å². The second-order valence-corrected chi connectivity index (χ2v) is 3.65. The minimum absolute atomic E-state index is 0.174. The van der Waals surface area contributed by atoms with E-state index < -0.39 is 0 Å². The third-order valence-electron chi connectivity index (χ3n) is 1.20. The van der Waals surface area contributed by atoms with Crippen molar-refractivity contribution >= 4 is 23.9 Å². The van der Waals surface area contributed by atoms with E-state index in [1.54, 1.807) is 26.0 Å². The van der Waals surface area contributed by atoms with Gasteiger partial charge in [0.15, 0.2) is 5.13 Å². The van der Waals surface area contributed by atoms with E-state index in [1.165, 1.54) is 6.07 Å². The second kappa shape index (κ2) is 7.99. The molecule has 0 aliphatic rings. The number of carbonyl (C=O) groups is 1. The lowest BCUT2D eigenvalue weighted by molar-refractivity contribution is -0.128. The smallest absolute Gasteiger partial charge is 0.293 e. The quantitative estimate of drug-likeness (QED) is 0.813.